The van der Waals surface area contributed by atoms with Crippen molar-refractivity contribution in [3.05, 3.63) is 62.3 Å². The average molecular weight is 362 g/mol. The fourth-order valence-corrected chi connectivity index (χ4v) is 2.83. The van der Waals surface area contributed by atoms with Crippen LogP contribution in [0.4, 0.5) is 8.78 Å². The number of hydrogen-bond acceptors (Lipinski definition) is 6. The number of aromatic amines is 1. The zero-order valence-electron chi connectivity index (χ0n) is 13.5. The molecule has 3 aromatic rings. The monoisotopic (exact) mass is 362 g/mol. The first-order chi connectivity index (χ1) is 12.4. The summed E-state index contributed by atoms with van der Waals surface area (Å²) in [5, 5.41) is 3.76. The quantitative estimate of drug-likeness (QED) is 0.733. The molecule has 1 unspecified atom stereocenters. The van der Waals surface area contributed by atoms with E-state index in [9.17, 15) is 18.4 Å². The molecule has 3 heterocycles. The van der Waals surface area contributed by atoms with Crippen LogP contribution in [0.2, 0.25) is 0 Å². The van der Waals surface area contributed by atoms with Crippen LogP contribution in [0, 0.1) is 11.6 Å². The Morgan fingerprint density at radius 2 is 2.12 bits per heavy atom. The highest BCUT2D eigenvalue weighted by molar-refractivity contribution is 5.51. The largest absolute Gasteiger partial charge is 0.489 e. The number of ether oxygens (including phenoxy) is 1. The highest BCUT2D eigenvalue weighted by atomic mass is 19.1. The minimum absolute atomic E-state index is 0.00747. The van der Waals surface area contributed by atoms with Gasteiger partial charge in [0.25, 0.3) is 5.56 Å². The molecule has 1 aliphatic rings. The summed E-state index contributed by atoms with van der Waals surface area (Å²) < 4.78 is 38.9. The van der Waals surface area contributed by atoms with Crippen molar-refractivity contribution in [3.8, 4) is 17.1 Å². The van der Waals surface area contributed by atoms with Crippen molar-refractivity contribution in [1.82, 2.24) is 19.7 Å². The van der Waals surface area contributed by atoms with Crippen LogP contribution in [0.1, 0.15) is 17.4 Å². The Hall–Kier alpha value is -3.30. The van der Waals surface area contributed by atoms with E-state index in [1.54, 1.807) is 0 Å². The zero-order chi connectivity index (χ0) is 18.4. The van der Waals surface area contributed by atoms with Crippen LogP contribution < -0.4 is 16.0 Å². The molecule has 0 amide bonds. The molecule has 0 spiro atoms. The molecular formula is C16H12F2N4O4. The van der Waals surface area contributed by atoms with Gasteiger partial charge in [-0.25, -0.2) is 13.6 Å². The maximum absolute atomic E-state index is 13.7. The van der Waals surface area contributed by atoms with Gasteiger partial charge < -0.3 is 13.8 Å². The van der Waals surface area contributed by atoms with E-state index < -0.39 is 28.8 Å². The number of rotatable bonds is 2. The third-order valence-corrected chi connectivity index (χ3v) is 4.12. The molecule has 1 aromatic carbocycles. The predicted octanol–water partition coefficient (Wildman–Crippen LogP) is 1.12. The second-order valence-electron chi connectivity index (χ2n) is 5.96. The van der Waals surface area contributed by atoms with Gasteiger partial charge in [-0.15, -0.1) is 0 Å². The number of fused-ring (bicyclic) bond motifs is 1. The van der Waals surface area contributed by atoms with Gasteiger partial charge in [0.1, 0.15) is 18.0 Å². The van der Waals surface area contributed by atoms with Gasteiger partial charge in [-0.3, -0.25) is 9.78 Å². The number of halogens is 2. The third-order valence-electron chi connectivity index (χ3n) is 4.12. The molecule has 0 saturated heterocycles. The van der Waals surface area contributed by atoms with Crippen LogP contribution in [0.15, 0.2) is 32.4 Å². The number of nitrogens with one attached hydrogen (secondary N) is 1. The molecule has 0 bridgehead atoms. The van der Waals surface area contributed by atoms with Crippen molar-refractivity contribution in [2.45, 2.75) is 12.3 Å². The second kappa shape index (κ2) is 5.90. The summed E-state index contributed by atoms with van der Waals surface area (Å²) in [5.74, 6) is -1.69. The van der Waals surface area contributed by atoms with Gasteiger partial charge >= 0.3 is 5.69 Å². The molecule has 0 radical (unpaired) electrons. The number of nitrogens with zero attached hydrogens (tertiary/aromatic N) is 3. The maximum Gasteiger partial charge on any atom is 0.328 e. The van der Waals surface area contributed by atoms with Crippen LogP contribution in [-0.4, -0.2) is 26.3 Å². The number of aryl methyl sites for hydroxylation is 1. The minimum atomic E-state index is -0.763. The first-order valence-electron chi connectivity index (χ1n) is 7.67. The first kappa shape index (κ1) is 16.2. The lowest BCUT2D eigenvalue weighted by Crippen LogP contribution is -2.28. The molecule has 10 heteroatoms. The Bertz CT molecular complexity index is 1120. The standard InChI is InChI=1S/C16H12F2N4O4/c1-22-5-10(14(23)20-16(22)24)13-19-15(26-21-13)8-2-7-3-9(17)4-11(18)12(7)25-6-8/h3-5,8H,2,6H2,1H3,(H,20,23,24). The Balaban J connectivity index is 1.66. The second-order valence-corrected chi connectivity index (χ2v) is 5.96. The molecule has 26 heavy (non-hydrogen) atoms. The highest BCUT2D eigenvalue weighted by Gasteiger charge is 2.29. The van der Waals surface area contributed by atoms with E-state index in [1.165, 1.54) is 23.9 Å². The van der Waals surface area contributed by atoms with Gasteiger partial charge in [-0.05, 0) is 12.5 Å². The number of aromatic nitrogens is 4. The van der Waals surface area contributed by atoms with E-state index >= 15 is 0 Å². The van der Waals surface area contributed by atoms with Gasteiger partial charge in [0.2, 0.25) is 11.7 Å². The lowest BCUT2D eigenvalue weighted by atomic mass is 9.96. The maximum atomic E-state index is 13.7. The Kier molecular flexibility index (Phi) is 3.67. The summed E-state index contributed by atoms with van der Waals surface area (Å²) in [5.41, 5.74) is -0.784. The molecule has 1 N–H and O–H groups in total. The summed E-state index contributed by atoms with van der Waals surface area (Å²) in [6.45, 7) is 0.0703. The number of benzene rings is 1. The van der Waals surface area contributed by atoms with E-state index in [0.29, 0.717) is 5.56 Å². The fourth-order valence-electron chi connectivity index (χ4n) is 2.83. The van der Waals surface area contributed by atoms with Gasteiger partial charge in [-0.1, -0.05) is 5.16 Å². The topological polar surface area (TPSA) is 103 Å². The van der Waals surface area contributed by atoms with Gasteiger partial charge in [-0.2, -0.15) is 4.98 Å². The van der Waals surface area contributed by atoms with Crippen LogP contribution in [0.5, 0.6) is 5.75 Å². The normalized spacial score (nSPS) is 16.2. The SMILES string of the molecule is Cn1cc(-c2noc(C3COc4c(F)cc(F)cc4C3)n2)c(=O)[nH]c1=O. The van der Waals surface area contributed by atoms with E-state index in [0.717, 1.165) is 6.07 Å². The summed E-state index contributed by atoms with van der Waals surface area (Å²) in [4.78, 5) is 29.6. The lowest BCUT2D eigenvalue weighted by molar-refractivity contribution is 0.220. The number of hydrogen-bond donors (Lipinski definition) is 1. The van der Waals surface area contributed by atoms with Crippen molar-refractivity contribution in [3.63, 3.8) is 0 Å². The molecule has 4 rings (SSSR count). The van der Waals surface area contributed by atoms with E-state index in [1.807, 2.05) is 0 Å². The van der Waals surface area contributed by atoms with Crippen LogP contribution >= 0.6 is 0 Å². The molecular weight excluding hydrogens is 350 g/mol. The number of H-pyrrole nitrogens is 1. The van der Waals surface area contributed by atoms with Gasteiger partial charge in [0, 0.05) is 24.9 Å². The average Bonchev–Trinajstić information content (AvgIpc) is 3.07. The third kappa shape index (κ3) is 2.68. The van der Waals surface area contributed by atoms with Crippen molar-refractivity contribution in [2.24, 2.45) is 7.05 Å². The Morgan fingerprint density at radius 1 is 1.31 bits per heavy atom. The molecule has 0 aliphatic carbocycles. The summed E-state index contributed by atoms with van der Waals surface area (Å²) in [7, 11) is 1.47. The van der Waals surface area contributed by atoms with E-state index in [-0.39, 0.29) is 36.1 Å². The lowest BCUT2D eigenvalue weighted by Gasteiger charge is -2.23. The molecule has 0 fully saturated rings. The zero-order valence-corrected chi connectivity index (χ0v) is 13.5. The molecule has 134 valence electrons. The minimum Gasteiger partial charge on any atom is -0.489 e. The molecule has 2 aromatic heterocycles. The van der Waals surface area contributed by atoms with Crippen molar-refractivity contribution in [2.75, 3.05) is 6.61 Å². The summed E-state index contributed by atoms with van der Waals surface area (Å²) in [6, 6.07) is 1.95. The van der Waals surface area contributed by atoms with E-state index in [2.05, 4.69) is 15.1 Å². The Labute approximate surface area is 144 Å². The van der Waals surface area contributed by atoms with Crippen LogP contribution in [-0.2, 0) is 13.5 Å². The Morgan fingerprint density at radius 3 is 2.92 bits per heavy atom. The summed E-state index contributed by atoms with van der Waals surface area (Å²) >= 11 is 0. The van der Waals surface area contributed by atoms with Gasteiger partial charge in [0.15, 0.2) is 11.6 Å². The first-order valence-corrected chi connectivity index (χ1v) is 7.67. The van der Waals surface area contributed by atoms with Crippen molar-refractivity contribution in [1.29, 1.82) is 0 Å². The smallest absolute Gasteiger partial charge is 0.328 e. The predicted molar refractivity (Wildman–Crippen MR) is 83.9 cm³/mol. The van der Waals surface area contributed by atoms with Crippen LogP contribution in [0.25, 0.3) is 11.4 Å². The van der Waals surface area contributed by atoms with Gasteiger partial charge in [0.05, 0.1) is 5.92 Å². The van der Waals surface area contributed by atoms with Crippen molar-refractivity contribution < 1.29 is 18.0 Å². The summed E-state index contributed by atoms with van der Waals surface area (Å²) in [6.07, 6.45) is 1.54. The molecule has 0 saturated carbocycles. The molecule has 1 atom stereocenters. The van der Waals surface area contributed by atoms with E-state index in [4.69, 9.17) is 9.26 Å². The van der Waals surface area contributed by atoms with Crippen molar-refractivity contribution >= 4 is 0 Å². The molecule has 8 nitrogen and oxygen atoms in total. The van der Waals surface area contributed by atoms with Crippen LogP contribution in [0.3, 0.4) is 0 Å². The molecule has 1 aliphatic heterocycles. The highest BCUT2D eigenvalue weighted by Crippen LogP contribution is 2.34. The fraction of sp³-hybridized carbons (Fsp3) is 0.250.